The number of ether oxygens (including phenoxy) is 1. The molecule has 0 unspecified atom stereocenters. The Balaban J connectivity index is 1.51. The second-order valence-electron chi connectivity index (χ2n) is 6.04. The maximum atomic E-state index is 5.83. The van der Waals surface area contributed by atoms with Gasteiger partial charge in [-0.05, 0) is 54.5 Å². The van der Waals surface area contributed by atoms with E-state index >= 15 is 0 Å². The number of hydrogen-bond donors (Lipinski definition) is 2. The van der Waals surface area contributed by atoms with Gasteiger partial charge in [-0.2, -0.15) is 5.10 Å². The van der Waals surface area contributed by atoms with E-state index in [1.165, 1.54) is 5.56 Å². The summed E-state index contributed by atoms with van der Waals surface area (Å²) < 4.78 is 5.83. The quantitative estimate of drug-likeness (QED) is 0.366. The van der Waals surface area contributed by atoms with E-state index in [-0.39, 0.29) is 0 Å². The Labute approximate surface area is 164 Å². The van der Waals surface area contributed by atoms with Crippen LogP contribution in [0.5, 0.6) is 5.75 Å². The standard InChI is InChI=1S/C22H21N3OS/c1-17-10-12-20(13-11-17)24-22(27)25-23-15-19-8-5-9-21(14-19)26-16-18-6-3-2-4-7-18/h2-15H,16H2,1H3,(H2,24,25,27). The number of nitrogens with one attached hydrogen (secondary N) is 2. The lowest BCUT2D eigenvalue weighted by atomic mass is 10.2. The number of hydrogen-bond acceptors (Lipinski definition) is 3. The van der Waals surface area contributed by atoms with Gasteiger partial charge in [-0.1, -0.05) is 60.2 Å². The maximum absolute atomic E-state index is 5.83. The predicted molar refractivity (Wildman–Crippen MR) is 115 cm³/mol. The largest absolute Gasteiger partial charge is 0.489 e. The molecule has 0 saturated heterocycles. The summed E-state index contributed by atoms with van der Waals surface area (Å²) >= 11 is 5.25. The summed E-state index contributed by atoms with van der Waals surface area (Å²) in [5.41, 5.74) is 6.99. The van der Waals surface area contributed by atoms with Crippen LogP contribution in [0.1, 0.15) is 16.7 Å². The minimum Gasteiger partial charge on any atom is -0.489 e. The molecule has 0 atom stereocenters. The van der Waals surface area contributed by atoms with E-state index in [2.05, 4.69) is 15.8 Å². The van der Waals surface area contributed by atoms with Gasteiger partial charge in [0.15, 0.2) is 5.11 Å². The second kappa shape index (κ2) is 9.50. The highest BCUT2D eigenvalue weighted by Crippen LogP contribution is 2.14. The molecule has 3 rings (SSSR count). The highest BCUT2D eigenvalue weighted by Gasteiger charge is 1.98. The van der Waals surface area contributed by atoms with Crippen LogP contribution in [0, 0.1) is 6.92 Å². The average Bonchev–Trinajstić information content (AvgIpc) is 2.69. The summed E-state index contributed by atoms with van der Waals surface area (Å²) in [5.74, 6) is 0.795. The maximum Gasteiger partial charge on any atom is 0.191 e. The molecule has 0 saturated carbocycles. The SMILES string of the molecule is Cc1ccc(NC(=S)NN=Cc2cccc(OCc3ccccc3)c2)cc1. The van der Waals surface area contributed by atoms with Crippen LogP contribution in [0.2, 0.25) is 0 Å². The third-order valence-corrected chi connectivity index (χ3v) is 3.99. The molecule has 5 heteroatoms. The van der Waals surface area contributed by atoms with E-state index in [0.29, 0.717) is 11.7 Å². The Morgan fingerprint density at radius 1 is 1.00 bits per heavy atom. The molecule has 3 aromatic rings. The van der Waals surface area contributed by atoms with Gasteiger partial charge in [-0.15, -0.1) is 0 Å². The van der Waals surface area contributed by atoms with E-state index in [0.717, 1.165) is 22.6 Å². The minimum atomic E-state index is 0.437. The Morgan fingerprint density at radius 2 is 1.78 bits per heavy atom. The van der Waals surface area contributed by atoms with Crippen LogP contribution in [0.25, 0.3) is 0 Å². The third-order valence-electron chi connectivity index (χ3n) is 3.80. The van der Waals surface area contributed by atoms with Crippen molar-refractivity contribution >= 4 is 29.2 Å². The van der Waals surface area contributed by atoms with Crippen molar-refractivity contribution in [3.63, 3.8) is 0 Å². The molecule has 136 valence electrons. The van der Waals surface area contributed by atoms with Crippen molar-refractivity contribution in [3.05, 3.63) is 95.6 Å². The first-order chi connectivity index (χ1) is 13.2. The van der Waals surface area contributed by atoms with Crippen molar-refractivity contribution in [3.8, 4) is 5.75 Å². The van der Waals surface area contributed by atoms with E-state index in [1.54, 1.807) is 6.21 Å². The van der Waals surface area contributed by atoms with Crippen molar-refractivity contribution in [2.24, 2.45) is 5.10 Å². The lowest BCUT2D eigenvalue weighted by Gasteiger charge is -2.08. The smallest absolute Gasteiger partial charge is 0.191 e. The summed E-state index contributed by atoms with van der Waals surface area (Å²) in [6.45, 7) is 2.58. The van der Waals surface area contributed by atoms with Gasteiger partial charge < -0.3 is 10.1 Å². The molecule has 0 radical (unpaired) electrons. The second-order valence-corrected chi connectivity index (χ2v) is 6.45. The number of benzene rings is 3. The van der Waals surface area contributed by atoms with E-state index in [1.807, 2.05) is 85.8 Å². The molecule has 27 heavy (non-hydrogen) atoms. The monoisotopic (exact) mass is 375 g/mol. The van der Waals surface area contributed by atoms with Gasteiger partial charge in [-0.3, -0.25) is 5.43 Å². The van der Waals surface area contributed by atoms with Crippen LogP contribution < -0.4 is 15.5 Å². The molecule has 0 fully saturated rings. The lowest BCUT2D eigenvalue weighted by Crippen LogP contribution is -2.23. The molecule has 0 heterocycles. The lowest BCUT2D eigenvalue weighted by molar-refractivity contribution is 0.306. The number of anilines is 1. The minimum absolute atomic E-state index is 0.437. The number of rotatable bonds is 6. The molecular formula is C22H21N3OS. The number of hydrazone groups is 1. The van der Waals surface area contributed by atoms with Crippen LogP contribution in [-0.2, 0) is 6.61 Å². The number of aryl methyl sites for hydroxylation is 1. The normalized spacial score (nSPS) is 10.6. The predicted octanol–water partition coefficient (Wildman–Crippen LogP) is 4.89. The van der Waals surface area contributed by atoms with Gasteiger partial charge in [0.05, 0.1) is 6.21 Å². The third kappa shape index (κ3) is 6.24. The molecule has 0 aliphatic carbocycles. The van der Waals surface area contributed by atoms with Crippen LogP contribution in [0.4, 0.5) is 5.69 Å². The molecule has 0 bridgehead atoms. The Morgan fingerprint density at radius 3 is 2.56 bits per heavy atom. The fourth-order valence-electron chi connectivity index (χ4n) is 2.39. The van der Waals surface area contributed by atoms with E-state index < -0.39 is 0 Å². The molecule has 0 aliphatic heterocycles. The van der Waals surface area contributed by atoms with Crippen molar-refractivity contribution in [1.29, 1.82) is 0 Å². The first-order valence-electron chi connectivity index (χ1n) is 8.62. The fourth-order valence-corrected chi connectivity index (χ4v) is 2.56. The molecule has 2 N–H and O–H groups in total. The Bertz CT molecular complexity index is 908. The van der Waals surface area contributed by atoms with Gasteiger partial charge in [0.1, 0.15) is 12.4 Å². The summed E-state index contributed by atoms with van der Waals surface area (Å²) in [6, 6.07) is 25.8. The topological polar surface area (TPSA) is 45.7 Å². The molecule has 0 aliphatic rings. The van der Waals surface area contributed by atoms with Crippen LogP contribution in [0.3, 0.4) is 0 Å². The van der Waals surface area contributed by atoms with Crippen molar-refractivity contribution in [2.75, 3.05) is 5.32 Å². The molecule has 0 amide bonds. The highest BCUT2D eigenvalue weighted by molar-refractivity contribution is 7.80. The molecule has 3 aromatic carbocycles. The zero-order valence-electron chi connectivity index (χ0n) is 15.1. The summed E-state index contributed by atoms with van der Waals surface area (Å²) in [4.78, 5) is 0. The summed E-state index contributed by atoms with van der Waals surface area (Å²) in [5, 5.41) is 7.70. The van der Waals surface area contributed by atoms with Gasteiger partial charge in [0.25, 0.3) is 0 Å². The Hall–Kier alpha value is -3.18. The van der Waals surface area contributed by atoms with Gasteiger partial charge in [0, 0.05) is 5.69 Å². The first-order valence-corrected chi connectivity index (χ1v) is 9.03. The number of thiocarbonyl (C=S) groups is 1. The molecule has 4 nitrogen and oxygen atoms in total. The summed E-state index contributed by atoms with van der Waals surface area (Å²) in [7, 11) is 0. The highest BCUT2D eigenvalue weighted by atomic mass is 32.1. The fraction of sp³-hybridized carbons (Fsp3) is 0.0909. The average molecular weight is 375 g/mol. The molecular weight excluding hydrogens is 354 g/mol. The number of nitrogens with zero attached hydrogens (tertiary/aromatic N) is 1. The molecule has 0 spiro atoms. The Kier molecular flexibility index (Phi) is 6.55. The first kappa shape index (κ1) is 18.6. The van der Waals surface area contributed by atoms with Gasteiger partial charge in [0.2, 0.25) is 0 Å². The van der Waals surface area contributed by atoms with Crippen LogP contribution in [0.15, 0.2) is 84.0 Å². The summed E-state index contributed by atoms with van der Waals surface area (Å²) in [6.07, 6.45) is 1.71. The van der Waals surface area contributed by atoms with Crippen LogP contribution in [-0.4, -0.2) is 11.3 Å². The van der Waals surface area contributed by atoms with Crippen LogP contribution >= 0.6 is 12.2 Å². The molecule has 0 aromatic heterocycles. The van der Waals surface area contributed by atoms with Crippen molar-refractivity contribution < 1.29 is 4.74 Å². The van der Waals surface area contributed by atoms with E-state index in [4.69, 9.17) is 17.0 Å². The zero-order valence-corrected chi connectivity index (χ0v) is 15.9. The van der Waals surface area contributed by atoms with Gasteiger partial charge >= 0.3 is 0 Å². The van der Waals surface area contributed by atoms with E-state index in [9.17, 15) is 0 Å². The zero-order chi connectivity index (χ0) is 18.9. The van der Waals surface area contributed by atoms with Crippen molar-refractivity contribution in [1.82, 2.24) is 5.43 Å². The van der Waals surface area contributed by atoms with Gasteiger partial charge in [-0.25, -0.2) is 0 Å². The van der Waals surface area contributed by atoms with Crippen molar-refractivity contribution in [2.45, 2.75) is 13.5 Å².